The number of aliphatic hydroxyl groups excluding tert-OH is 1. The molecule has 1 aliphatic rings. The summed E-state index contributed by atoms with van der Waals surface area (Å²) in [5.41, 5.74) is 4.33. The molecule has 0 unspecified atom stereocenters. The number of fused-ring (bicyclic) bond motifs is 3. The van der Waals surface area contributed by atoms with Gasteiger partial charge in [-0.25, -0.2) is 0 Å². The Hall–Kier alpha value is -4.21. The van der Waals surface area contributed by atoms with Gasteiger partial charge in [0.1, 0.15) is 12.9 Å². The van der Waals surface area contributed by atoms with Gasteiger partial charge < -0.3 is 39.8 Å². The van der Waals surface area contributed by atoms with Gasteiger partial charge in [-0.15, -0.1) is 11.3 Å². The molecule has 1 aliphatic heterocycles. The highest BCUT2D eigenvalue weighted by Crippen LogP contribution is 2.42. The number of H-pyrrole nitrogens is 1. The fourth-order valence-electron chi connectivity index (χ4n) is 6.73. The van der Waals surface area contributed by atoms with Gasteiger partial charge in [0.2, 0.25) is 17.7 Å². The van der Waals surface area contributed by atoms with Crippen molar-refractivity contribution in [3.8, 4) is 11.3 Å². The van der Waals surface area contributed by atoms with Crippen LogP contribution in [0.25, 0.3) is 22.2 Å². The Balaban J connectivity index is 1.00. The van der Waals surface area contributed by atoms with Gasteiger partial charge in [-0.05, 0) is 57.6 Å². The van der Waals surface area contributed by atoms with Gasteiger partial charge in [0, 0.05) is 105 Å². The van der Waals surface area contributed by atoms with Crippen LogP contribution < -0.4 is 10.2 Å². The molecule has 1 aromatic carbocycles. The number of aryl methyl sites for hydroxylation is 2. The van der Waals surface area contributed by atoms with Gasteiger partial charge in [-0.3, -0.25) is 19.1 Å². The molecule has 16 heteroatoms. The summed E-state index contributed by atoms with van der Waals surface area (Å²) in [4.78, 5) is 60.3. The number of amides is 3. The van der Waals surface area contributed by atoms with Crippen molar-refractivity contribution in [2.24, 2.45) is 0 Å². The van der Waals surface area contributed by atoms with E-state index in [2.05, 4.69) is 15.2 Å². The first kappa shape index (κ1) is 42.9. The Bertz CT molecular complexity index is 2010. The predicted octanol–water partition coefficient (Wildman–Crippen LogP) is 5.17. The summed E-state index contributed by atoms with van der Waals surface area (Å²) in [6.45, 7) is 3.47. The Morgan fingerprint density at radius 3 is 2.64 bits per heavy atom. The number of aldehydes is 1. The molecule has 0 aliphatic carbocycles. The lowest BCUT2D eigenvalue weighted by Gasteiger charge is -2.26. The molecule has 302 valence electrons. The molecule has 56 heavy (non-hydrogen) atoms. The Kier molecular flexibility index (Phi) is 15.9. The van der Waals surface area contributed by atoms with Crippen LogP contribution in [0, 0.1) is 0 Å². The molecule has 4 aromatic rings. The zero-order valence-corrected chi connectivity index (χ0v) is 34.7. The molecule has 4 heterocycles. The average molecular weight is 828 g/mol. The number of carbonyl (C=O) groups is 4. The molecular weight excluding hydrogens is 775 g/mol. The molecule has 0 radical (unpaired) electrons. The quantitative estimate of drug-likeness (QED) is 0.0593. The van der Waals surface area contributed by atoms with Crippen LogP contribution in [0.4, 0.5) is 5.00 Å². The molecule has 0 bridgehead atoms. The number of thiophene rings is 1. The summed E-state index contributed by atoms with van der Waals surface area (Å²) in [6.07, 6.45) is 11.6. The van der Waals surface area contributed by atoms with Gasteiger partial charge in [0.15, 0.2) is 0 Å². The minimum absolute atomic E-state index is 0.0375. The number of aromatic nitrogens is 3. The standard InChI is InChI=1S/C40H52Cl2N8O5S/c1-46(2)17-8-9-35(54)48(23-24-51)22-21-47(3)37-13-11-28(56-37)10-12-34(53)43-16-6-4-5-7-18-50-20-15-33(45-50)29-25-31(41)39(42)40-38(29)30-26-49(36(55)27-52)19-14-32(30)44-40/h8-9,11,13,15,20,24-25,44,52H,4-7,10,12,14,16-19,21-23,26-27H2,1-3H3,(H,43,53)/b9-8+. The van der Waals surface area contributed by atoms with Crippen molar-refractivity contribution in [2.75, 3.05) is 71.9 Å². The number of rotatable bonds is 21. The molecule has 5 rings (SSSR count). The topological polar surface area (TPSA) is 147 Å². The summed E-state index contributed by atoms with van der Waals surface area (Å²) in [5.74, 6) is -0.445. The minimum atomic E-state index is -0.526. The predicted molar refractivity (Wildman–Crippen MR) is 223 cm³/mol. The second-order valence-electron chi connectivity index (χ2n) is 14.3. The molecular formula is C40H52Cl2N8O5S. The fourth-order valence-corrected chi connectivity index (χ4v) is 8.12. The van der Waals surface area contributed by atoms with Crippen LogP contribution >= 0.6 is 34.5 Å². The SMILES string of the molecule is CN(C)C/C=C/C(=O)N(CC=O)CCN(C)c1ccc(CCC(=O)NCCCCCCn2ccc(-c3cc(Cl)c(Cl)c4[nH]c5c(c34)CN(C(=O)CO)CC5)n2)s1. The first-order chi connectivity index (χ1) is 27.0. The van der Waals surface area contributed by atoms with Crippen LogP contribution in [0.3, 0.4) is 0 Å². The summed E-state index contributed by atoms with van der Waals surface area (Å²) in [7, 11) is 5.81. The Morgan fingerprint density at radius 1 is 1.07 bits per heavy atom. The van der Waals surface area contributed by atoms with E-state index < -0.39 is 6.61 Å². The maximum Gasteiger partial charge on any atom is 0.248 e. The highest BCUT2D eigenvalue weighted by atomic mass is 35.5. The number of benzene rings is 1. The second-order valence-corrected chi connectivity index (χ2v) is 16.2. The van der Waals surface area contributed by atoms with Gasteiger partial charge in [-0.2, -0.15) is 5.10 Å². The van der Waals surface area contributed by atoms with E-state index in [9.17, 15) is 24.3 Å². The number of carbonyl (C=O) groups excluding carboxylic acids is 4. The van der Waals surface area contributed by atoms with Crippen molar-refractivity contribution >= 4 is 74.5 Å². The Morgan fingerprint density at radius 2 is 1.88 bits per heavy atom. The highest BCUT2D eigenvalue weighted by Gasteiger charge is 2.27. The number of nitrogens with one attached hydrogen (secondary N) is 2. The van der Waals surface area contributed by atoms with E-state index in [1.807, 2.05) is 61.2 Å². The summed E-state index contributed by atoms with van der Waals surface area (Å²) in [6, 6.07) is 7.87. The largest absolute Gasteiger partial charge is 0.387 e. The van der Waals surface area contributed by atoms with E-state index in [0.29, 0.717) is 68.6 Å². The first-order valence-corrected chi connectivity index (χ1v) is 20.6. The lowest BCUT2D eigenvalue weighted by Crippen LogP contribution is -2.37. The van der Waals surface area contributed by atoms with Crippen LogP contribution in [0.1, 0.15) is 48.2 Å². The van der Waals surface area contributed by atoms with Gasteiger partial charge in [-0.1, -0.05) is 42.1 Å². The van der Waals surface area contributed by atoms with E-state index in [0.717, 1.165) is 81.8 Å². The number of hydrogen-bond donors (Lipinski definition) is 3. The molecule has 0 atom stereocenters. The van der Waals surface area contributed by atoms with E-state index in [4.69, 9.17) is 28.3 Å². The van der Waals surface area contributed by atoms with E-state index in [-0.39, 0.29) is 24.3 Å². The molecule has 3 aromatic heterocycles. The van der Waals surface area contributed by atoms with E-state index in [1.165, 1.54) is 11.0 Å². The molecule has 0 saturated carbocycles. The third-order valence-corrected chi connectivity index (χ3v) is 11.9. The van der Waals surface area contributed by atoms with Gasteiger partial charge in [0.25, 0.3) is 0 Å². The monoisotopic (exact) mass is 826 g/mol. The fraction of sp³-hybridized carbons (Fsp3) is 0.475. The normalized spacial score (nSPS) is 12.8. The summed E-state index contributed by atoms with van der Waals surface area (Å²) >= 11 is 14.8. The molecule has 3 amide bonds. The number of likely N-dealkylation sites (N-methyl/N-ethyl adjacent to an activating group) is 2. The maximum atomic E-state index is 12.6. The van der Waals surface area contributed by atoms with Crippen LogP contribution in [0.5, 0.6) is 0 Å². The number of unbranched alkanes of at least 4 members (excludes halogenated alkanes) is 3. The van der Waals surface area contributed by atoms with Gasteiger partial charge in [0.05, 0.1) is 32.8 Å². The maximum absolute atomic E-state index is 12.6. The van der Waals surface area contributed by atoms with Crippen LogP contribution in [-0.2, 0) is 45.1 Å². The lowest BCUT2D eigenvalue weighted by atomic mass is 9.99. The summed E-state index contributed by atoms with van der Waals surface area (Å²) < 4.78 is 1.93. The van der Waals surface area contributed by atoms with Crippen LogP contribution in [0.2, 0.25) is 10.0 Å². The number of aromatic amines is 1. The average Bonchev–Trinajstić information content (AvgIpc) is 3.95. The van der Waals surface area contributed by atoms with E-state index in [1.54, 1.807) is 22.3 Å². The minimum Gasteiger partial charge on any atom is -0.387 e. The summed E-state index contributed by atoms with van der Waals surface area (Å²) in [5, 5.41) is 20.1. The van der Waals surface area contributed by atoms with Crippen molar-refractivity contribution in [1.29, 1.82) is 0 Å². The van der Waals surface area contributed by atoms with Crippen molar-refractivity contribution in [2.45, 2.75) is 58.0 Å². The first-order valence-electron chi connectivity index (χ1n) is 19.0. The van der Waals surface area contributed by atoms with Crippen molar-refractivity contribution < 1.29 is 24.3 Å². The van der Waals surface area contributed by atoms with Gasteiger partial charge >= 0.3 is 0 Å². The lowest BCUT2D eigenvalue weighted by molar-refractivity contribution is -0.135. The van der Waals surface area contributed by atoms with Crippen molar-refractivity contribution in [1.82, 2.24) is 34.8 Å². The van der Waals surface area contributed by atoms with Crippen molar-refractivity contribution in [3.05, 3.63) is 68.8 Å². The van der Waals surface area contributed by atoms with E-state index >= 15 is 0 Å². The highest BCUT2D eigenvalue weighted by molar-refractivity contribution is 7.16. The smallest absolute Gasteiger partial charge is 0.248 e. The third kappa shape index (κ3) is 11.4. The molecule has 0 fully saturated rings. The number of anilines is 1. The molecule has 3 N–H and O–H groups in total. The second kappa shape index (κ2) is 20.8. The van der Waals surface area contributed by atoms with Crippen LogP contribution in [0.15, 0.2) is 42.6 Å². The molecule has 13 nitrogen and oxygen atoms in total. The zero-order valence-electron chi connectivity index (χ0n) is 32.4. The number of nitrogens with zero attached hydrogens (tertiary/aromatic N) is 6. The molecule has 0 spiro atoms. The third-order valence-electron chi connectivity index (χ3n) is 9.85. The number of aliphatic hydroxyl groups is 1. The van der Waals surface area contributed by atoms with Crippen molar-refractivity contribution in [3.63, 3.8) is 0 Å². The molecule has 0 saturated heterocycles. The number of halogens is 2. The van der Waals surface area contributed by atoms with Crippen LogP contribution in [-0.4, -0.2) is 126 Å². The Labute approximate surface area is 342 Å². The number of hydrogen-bond acceptors (Lipinski definition) is 9. The zero-order chi connectivity index (χ0) is 40.2.